The Morgan fingerprint density at radius 1 is 1.11 bits per heavy atom. The first-order chi connectivity index (χ1) is 13.5. The molecule has 1 amide bonds. The van der Waals surface area contributed by atoms with Gasteiger partial charge in [-0.25, -0.2) is 4.98 Å². The predicted octanol–water partition coefficient (Wildman–Crippen LogP) is 3.65. The minimum Gasteiger partial charge on any atom is -0.399 e. The number of hydrogen-bond acceptors (Lipinski definition) is 4. The average molecular weight is 391 g/mol. The zero-order valence-corrected chi connectivity index (χ0v) is 15.3. The van der Waals surface area contributed by atoms with E-state index in [2.05, 4.69) is 9.97 Å². The number of aliphatic hydroxyl groups is 1. The van der Waals surface area contributed by atoms with Gasteiger partial charge in [0.1, 0.15) is 0 Å². The summed E-state index contributed by atoms with van der Waals surface area (Å²) in [6.07, 6.45) is 1.58. The summed E-state index contributed by atoms with van der Waals surface area (Å²) in [7, 11) is 0. The molecule has 1 aliphatic heterocycles. The molecule has 1 atom stereocenters. The molecule has 0 saturated heterocycles. The number of carbonyl (C=O) groups is 1. The number of aromatic amines is 1. The van der Waals surface area contributed by atoms with Gasteiger partial charge < -0.3 is 15.8 Å². The van der Waals surface area contributed by atoms with E-state index < -0.39 is 5.72 Å². The number of carbonyl (C=O) groups excluding carboxylic acids is 1. The van der Waals surface area contributed by atoms with Crippen LogP contribution in [0.15, 0.2) is 67.0 Å². The van der Waals surface area contributed by atoms with E-state index in [1.807, 2.05) is 0 Å². The van der Waals surface area contributed by atoms with Gasteiger partial charge in [-0.05, 0) is 36.4 Å². The largest absolute Gasteiger partial charge is 0.399 e. The van der Waals surface area contributed by atoms with E-state index in [0.29, 0.717) is 33.1 Å². The third-order valence-corrected chi connectivity index (χ3v) is 5.26. The Labute approximate surface area is 165 Å². The second-order valence-electron chi connectivity index (χ2n) is 6.74. The highest BCUT2D eigenvalue weighted by Gasteiger charge is 2.50. The van der Waals surface area contributed by atoms with Gasteiger partial charge in [-0.3, -0.25) is 9.69 Å². The molecule has 6 nitrogen and oxygen atoms in total. The van der Waals surface area contributed by atoms with Crippen LogP contribution in [0.3, 0.4) is 0 Å². The van der Waals surface area contributed by atoms with Gasteiger partial charge in [-0.15, -0.1) is 0 Å². The molecule has 4 aromatic rings. The van der Waals surface area contributed by atoms with Crippen molar-refractivity contribution in [3.8, 4) is 0 Å². The van der Waals surface area contributed by atoms with Crippen LogP contribution in [-0.4, -0.2) is 21.0 Å². The molecule has 4 N–H and O–H groups in total. The molecule has 138 valence electrons. The van der Waals surface area contributed by atoms with Crippen LogP contribution in [0.4, 0.5) is 11.4 Å². The molecule has 1 aliphatic rings. The molecule has 28 heavy (non-hydrogen) atoms. The summed E-state index contributed by atoms with van der Waals surface area (Å²) >= 11 is 6.18. The molecular weight excluding hydrogens is 376 g/mol. The summed E-state index contributed by atoms with van der Waals surface area (Å²) in [6, 6.07) is 17.2. The lowest BCUT2D eigenvalue weighted by atomic mass is 9.93. The fourth-order valence-electron chi connectivity index (χ4n) is 3.83. The number of benzene rings is 3. The maximum Gasteiger partial charge on any atom is 0.261 e. The van der Waals surface area contributed by atoms with Crippen LogP contribution in [0.25, 0.3) is 11.0 Å². The number of nitrogens with two attached hydrogens (primary N) is 1. The molecule has 1 aromatic heterocycles. The third kappa shape index (κ3) is 2.25. The van der Waals surface area contributed by atoms with E-state index in [0.717, 1.165) is 11.0 Å². The van der Waals surface area contributed by atoms with Crippen LogP contribution in [0.5, 0.6) is 0 Å². The highest BCUT2D eigenvalue weighted by Crippen LogP contribution is 2.46. The quantitative estimate of drug-likeness (QED) is 0.455. The topological polar surface area (TPSA) is 95.2 Å². The SMILES string of the molecule is Nc1cc(Cl)cc(N2C(=O)c3ccccc3C2(O)c2ccc3nc[nH]c3c2)c1. The first-order valence-electron chi connectivity index (χ1n) is 8.64. The van der Waals surface area contributed by atoms with E-state index in [9.17, 15) is 9.90 Å². The molecule has 0 saturated carbocycles. The average Bonchev–Trinajstić information content (AvgIpc) is 3.23. The number of hydrogen-bond donors (Lipinski definition) is 3. The molecule has 3 aromatic carbocycles. The summed E-state index contributed by atoms with van der Waals surface area (Å²) < 4.78 is 0. The first kappa shape index (κ1) is 16.8. The lowest BCUT2D eigenvalue weighted by Gasteiger charge is -2.35. The van der Waals surface area contributed by atoms with Gasteiger partial charge in [-0.2, -0.15) is 0 Å². The number of halogens is 1. The normalized spacial score (nSPS) is 18.6. The van der Waals surface area contributed by atoms with Crippen molar-refractivity contribution in [3.05, 3.63) is 88.7 Å². The maximum atomic E-state index is 13.3. The number of anilines is 2. The number of aromatic nitrogens is 2. The summed E-state index contributed by atoms with van der Waals surface area (Å²) in [6.45, 7) is 0. The standard InChI is InChI=1S/C21H15ClN4O2/c22-13-8-14(23)10-15(9-13)26-20(27)16-3-1-2-4-17(16)21(26,28)12-5-6-18-19(7-12)25-11-24-18/h1-11,28H,23H2,(H,24,25). The Kier molecular flexibility index (Phi) is 3.49. The van der Waals surface area contributed by atoms with Crippen LogP contribution in [-0.2, 0) is 5.72 Å². The van der Waals surface area contributed by atoms with E-state index in [1.54, 1.807) is 67.0 Å². The van der Waals surface area contributed by atoms with Crippen molar-refractivity contribution in [1.29, 1.82) is 0 Å². The Morgan fingerprint density at radius 2 is 1.93 bits per heavy atom. The van der Waals surface area contributed by atoms with E-state index in [4.69, 9.17) is 17.3 Å². The van der Waals surface area contributed by atoms with Crippen molar-refractivity contribution in [3.63, 3.8) is 0 Å². The monoisotopic (exact) mass is 390 g/mol. The summed E-state index contributed by atoms with van der Waals surface area (Å²) in [5, 5.41) is 12.3. The number of amides is 1. The van der Waals surface area contributed by atoms with E-state index in [-0.39, 0.29) is 5.91 Å². The molecule has 0 spiro atoms. The lowest BCUT2D eigenvalue weighted by Crippen LogP contribution is -2.45. The van der Waals surface area contributed by atoms with Crippen LogP contribution in [0, 0.1) is 0 Å². The fourth-order valence-corrected chi connectivity index (χ4v) is 4.07. The minimum atomic E-state index is -1.72. The van der Waals surface area contributed by atoms with Crippen LogP contribution < -0.4 is 10.6 Å². The highest BCUT2D eigenvalue weighted by molar-refractivity contribution is 6.31. The molecule has 1 unspecified atom stereocenters. The van der Waals surface area contributed by atoms with E-state index >= 15 is 0 Å². The predicted molar refractivity (Wildman–Crippen MR) is 108 cm³/mol. The molecular formula is C21H15ClN4O2. The van der Waals surface area contributed by atoms with Crippen molar-refractivity contribution in [2.75, 3.05) is 10.6 Å². The van der Waals surface area contributed by atoms with Crippen molar-refractivity contribution in [2.45, 2.75) is 5.72 Å². The molecule has 5 rings (SSSR count). The Morgan fingerprint density at radius 3 is 2.75 bits per heavy atom. The second kappa shape index (κ2) is 5.82. The smallest absolute Gasteiger partial charge is 0.261 e. The number of nitrogens with zero attached hydrogens (tertiary/aromatic N) is 2. The molecule has 2 heterocycles. The molecule has 7 heteroatoms. The Bertz CT molecular complexity index is 1230. The van der Waals surface area contributed by atoms with Crippen molar-refractivity contribution >= 4 is 39.9 Å². The highest BCUT2D eigenvalue weighted by atomic mass is 35.5. The molecule has 0 radical (unpaired) electrons. The first-order valence-corrected chi connectivity index (χ1v) is 9.02. The Balaban J connectivity index is 1.80. The van der Waals surface area contributed by atoms with Crippen LogP contribution in [0.2, 0.25) is 5.02 Å². The minimum absolute atomic E-state index is 0.329. The van der Waals surface area contributed by atoms with Gasteiger partial charge in [0.05, 0.1) is 23.0 Å². The van der Waals surface area contributed by atoms with Gasteiger partial charge >= 0.3 is 0 Å². The number of imidazole rings is 1. The zero-order valence-electron chi connectivity index (χ0n) is 14.6. The van der Waals surface area contributed by atoms with Crippen LogP contribution in [0.1, 0.15) is 21.5 Å². The molecule has 0 aliphatic carbocycles. The van der Waals surface area contributed by atoms with Gasteiger partial charge in [0.2, 0.25) is 0 Å². The lowest BCUT2D eigenvalue weighted by molar-refractivity contribution is 0.0704. The van der Waals surface area contributed by atoms with Gasteiger partial charge in [-0.1, -0.05) is 35.9 Å². The van der Waals surface area contributed by atoms with E-state index in [1.165, 1.54) is 4.90 Å². The van der Waals surface area contributed by atoms with Gasteiger partial charge in [0.25, 0.3) is 5.91 Å². The summed E-state index contributed by atoms with van der Waals surface area (Å²) in [5.74, 6) is -0.329. The fraction of sp³-hybridized carbons (Fsp3) is 0.0476. The number of fused-ring (bicyclic) bond motifs is 2. The van der Waals surface area contributed by atoms with Crippen molar-refractivity contribution in [2.24, 2.45) is 0 Å². The van der Waals surface area contributed by atoms with Gasteiger partial charge in [0, 0.05) is 27.4 Å². The van der Waals surface area contributed by atoms with Crippen LogP contribution >= 0.6 is 11.6 Å². The maximum absolute atomic E-state index is 13.3. The summed E-state index contributed by atoms with van der Waals surface area (Å²) in [5.41, 5.74) is 8.02. The second-order valence-corrected chi connectivity index (χ2v) is 7.17. The number of nitrogen functional groups attached to an aromatic ring is 1. The van der Waals surface area contributed by atoms with Gasteiger partial charge in [0.15, 0.2) is 5.72 Å². The number of H-pyrrole nitrogens is 1. The zero-order chi connectivity index (χ0) is 19.5. The number of nitrogens with one attached hydrogen (secondary N) is 1. The van der Waals surface area contributed by atoms with Crippen molar-refractivity contribution < 1.29 is 9.90 Å². The third-order valence-electron chi connectivity index (χ3n) is 5.05. The Hall–Kier alpha value is -3.35. The molecule has 0 fully saturated rings. The molecule has 0 bridgehead atoms. The van der Waals surface area contributed by atoms with Crippen molar-refractivity contribution in [1.82, 2.24) is 9.97 Å². The summed E-state index contributed by atoms with van der Waals surface area (Å²) in [4.78, 5) is 21.9. The number of rotatable bonds is 2.